The van der Waals surface area contributed by atoms with Crippen LogP contribution in [0.4, 0.5) is 0 Å². The molecule has 2 aromatic heterocycles. The standard InChI is InChI=1S/C21H21BrN4OS/c22-15-6-3-7-16(14-15)25-11-4-9-18(25)20-19(17-8-1-2-10-23-17)24-21(28)26(20)12-5-13-27/h1-4,6-11,14,19-20,27H,5,12-13H2,(H,24,28)/t19-,20+/m1/s1. The summed E-state index contributed by atoms with van der Waals surface area (Å²) in [5, 5.41) is 13.5. The number of pyridine rings is 1. The fraction of sp³-hybridized carbons (Fsp3) is 0.238. The maximum atomic E-state index is 9.36. The number of benzene rings is 1. The maximum absolute atomic E-state index is 9.36. The highest BCUT2D eigenvalue weighted by Crippen LogP contribution is 2.39. The lowest BCUT2D eigenvalue weighted by molar-refractivity contribution is 0.245. The van der Waals surface area contributed by atoms with E-state index in [1.54, 1.807) is 6.20 Å². The summed E-state index contributed by atoms with van der Waals surface area (Å²) in [6.07, 6.45) is 4.53. The van der Waals surface area contributed by atoms with Crippen molar-refractivity contribution in [2.24, 2.45) is 0 Å². The third-order valence-corrected chi connectivity index (χ3v) is 5.77. The van der Waals surface area contributed by atoms with Crippen molar-refractivity contribution in [1.82, 2.24) is 19.8 Å². The fourth-order valence-electron chi connectivity index (χ4n) is 3.71. The van der Waals surface area contributed by atoms with Gasteiger partial charge in [0.15, 0.2) is 5.11 Å². The predicted octanol–water partition coefficient (Wildman–Crippen LogP) is 3.99. The molecule has 144 valence electrons. The van der Waals surface area contributed by atoms with Crippen LogP contribution in [0.1, 0.15) is 29.9 Å². The molecule has 28 heavy (non-hydrogen) atoms. The van der Waals surface area contributed by atoms with Crippen molar-refractivity contribution in [2.75, 3.05) is 13.2 Å². The Kier molecular flexibility index (Phi) is 5.75. The molecule has 5 nitrogen and oxygen atoms in total. The molecule has 0 bridgehead atoms. The van der Waals surface area contributed by atoms with Gasteiger partial charge in [0.1, 0.15) is 0 Å². The van der Waals surface area contributed by atoms with Crippen LogP contribution in [0, 0.1) is 0 Å². The Labute approximate surface area is 178 Å². The number of hydrogen-bond donors (Lipinski definition) is 2. The highest BCUT2D eigenvalue weighted by Gasteiger charge is 2.40. The van der Waals surface area contributed by atoms with E-state index >= 15 is 0 Å². The molecule has 7 heteroatoms. The minimum Gasteiger partial charge on any atom is -0.396 e. The van der Waals surface area contributed by atoms with Crippen molar-refractivity contribution >= 4 is 33.3 Å². The van der Waals surface area contributed by atoms with Crippen LogP contribution in [0.3, 0.4) is 0 Å². The number of thiocarbonyl (C=S) groups is 1. The van der Waals surface area contributed by atoms with Gasteiger partial charge in [0.25, 0.3) is 0 Å². The van der Waals surface area contributed by atoms with Crippen LogP contribution in [0.2, 0.25) is 0 Å². The monoisotopic (exact) mass is 456 g/mol. The predicted molar refractivity (Wildman–Crippen MR) is 117 cm³/mol. The lowest BCUT2D eigenvalue weighted by atomic mass is 10.0. The second kappa shape index (κ2) is 8.43. The Hall–Kier alpha value is -2.22. The van der Waals surface area contributed by atoms with Crippen molar-refractivity contribution in [3.63, 3.8) is 0 Å². The van der Waals surface area contributed by atoms with Gasteiger partial charge >= 0.3 is 0 Å². The van der Waals surface area contributed by atoms with E-state index in [0.29, 0.717) is 18.1 Å². The fourth-order valence-corrected chi connectivity index (χ4v) is 4.42. The SMILES string of the molecule is OCCCN1C(=S)N[C@H](c2ccccn2)[C@@H]1c1cccn1-c1cccc(Br)c1. The third-order valence-electron chi connectivity index (χ3n) is 4.92. The quantitative estimate of drug-likeness (QED) is 0.549. The first-order valence-electron chi connectivity index (χ1n) is 9.21. The summed E-state index contributed by atoms with van der Waals surface area (Å²) in [4.78, 5) is 6.73. The number of nitrogens with one attached hydrogen (secondary N) is 1. The van der Waals surface area contributed by atoms with E-state index in [-0.39, 0.29) is 18.7 Å². The summed E-state index contributed by atoms with van der Waals surface area (Å²) in [5.41, 5.74) is 3.15. The lowest BCUT2D eigenvalue weighted by Gasteiger charge is -2.28. The molecule has 3 heterocycles. The maximum Gasteiger partial charge on any atom is 0.170 e. The van der Waals surface area contributed by atoms with Crippen molar-refractivity contribution in [2.45, 2.75) is 18.5 Å². The van der Waals surface area contributed by atoms with E-state index < -0.39 is 0 Å². The molecule has 1 saturated heterocycles. The largest absolute Gasteiger partial charge is 0.396 e. The Morgan fingerprint density at radius 1 is 1.14 bits per heavy atom. The summed E-state index contributed by atoms with van der Waals surface area (Å²) < 4.78 is 3.22. The Balaban J connectivity index is 1.79. The van der Waals surface area contributed by atoms with Crippen LogP contribution in [-0.2, 0) is 0 Å². The molecule has 3 aromatic rings. The van der Waals surface area contributed by atoms with Gasteiger partial charge in [-0.1, -0.05) is 28.1 Å². The Morgan fingerprint density at radius 3 is 2.79 bits per heavy atom. The molecular weight excluding hydrogens is 436 g/mol. The number of aliphatic hydroxyl groups excluding tert-OH is 1. The Morgan fingerprint density at radius 2 is 2.04 bits per heavy atom. The minimum atomic E-state index is -0.0619. The number of nitrogens with zero attached hydrogens (tertiary/aromatic N) is 3. The average Bonchev–Trinajstić information content (AvgIpc) is 3.31. The van der Waals surface area contributed by atoms with Gasteiger partial charge in [0.05, 0.1) is 17.8 Å². The molecule has 0 radical (unpaired) electrons. The molecule has 4 rings (SSSR count). The van der Waals surface area contributed by atoms with Crippen molar-refractivity contribution in [3.05, 3.63) is 82.9 Å². The molecule has 1 aliphatic heterocycles. The molecular formula is C21H21BrN4OS. The summed E-state index contributed by atoms with van der Waals surface area (Å²) in [6, 6.07) is 18.3. The number of aliphatic hydroxyl groups is 1. The number of aromatic nitrogens is 2. The zero-order valence-corrected chi connectivity index (χ0v) is 17.6. The normalized spacial score (nSPS) is 19.1. The second-order valence-electron chi connectivity index (χ2n) is 6.68. The van der Waals surface area contributed by atoms with Crippen LogP contribution >= 0.6 is 28.1 Å². The first-order valence-corrected chi connectivity index (χ1v) is 10.4. The summed E-state index contributed by atoms with van der Waals surface area (Å²) >= 11 is 9.22. The summed E-state index contributed by atoms with van der Waals surface area (Å²) in [6.45, 7) is 0.812. The zero-order valence-electron chi connectivity index (χ0n) is 15.2. The van der Waals surface area contributed by atoms with Gasteiger partial charge in [-0.2, -0.15) is 0 Å². The van der Waals surface area contributed by atoms with E-state index in [1.165, 1.54) is 0 Å². The molecule has 2 N–H and O–H groups in total. The van der Waals surface area contributed by atoms with Gasteiger partial charge in [0, 0.05) is 41.4 Å². The number of rotatable bonds is 6. The zero-order chi connectivity index (χ0) is 19.5. The van der Waals surface area contributed by atoms with Gasteiger partial charge in [-0.15, -0.1) is 0 Å². The molecule has 1 fully saturated rings. The van der Waals surface area contributed by atoms with Crippen LogP contribution in [0.5, 0.6) is 0 Å². The molecule has 0 amide bonds. The number of hydrogen-bond acceptors (Lipinski definition) is 3. The van der Waals surface area contributed by atoms with Crippen LogP contribution in [0.25, 0.3) is 5.69 Å². The highest BCUT2D eigenvalue weighted by atomic mass is 79.9. The van der Waals surface area contributed by atoms with E-state index in [9.17, 15) is 5.11 Å². The van der Waals surface area contributed by atoms with E-state index in [0.717, 1.165) is 21.5 Å². The second-order valence-corrected chi connectivity index (χ2v) is 7.98. The molecule has 0 spiro atoms. The molecule has 1 aromatic carbocycles. The first kappa shape index (κ1) is 19.1. The molecule has 2 atom stereocenters. The average molecular weight is 457 g/mol. The third kappa shape index (κ3) is 3.70. The van der Waals surface area contributed by atoms with Crippen molar-refractivity contribution < 1.29 is 5.11 Å². The first-order chi connectivity index (χ1) is 13.7. The molecule has 1 aliphatic rings. The lowest BCUT2D eigenvalue weighted by Crippen LogP contribution is -2.31. The minimum absolute atomic E-state index is 0.0251. The van der Waals surface area contributed by atoms with E-state index in [4.69, 9.17) is 12.2 Å². The van der Waals surface area contributed by atoms with Crippen LogP contribution in [0.15, 0.2) is 71.5 Å². The van der Waals surface area contributed by atoms with E-state index in [2.05, 4.69) is 66.2 Å². The number of halogens is 1. The summed E-state index contributed by atoms with van der Waals surface area (Å²) in [7, 11) is 0. The summed E-state index contributed by atoms with van der Waals surface area (Å²) in [5.74, 6) is 0. The topological polar surface area (TPSA) is 53.3 Å². The van der Waals surface area contributed by atoms with Gasteiger partial charge in [-0.05, 0) is 61.1 Å². The van der Waals surface area contributed by atoms with Crippen molar-refractivity contribution in [1.29, 1.82) is 0 Å². The smallest absolute Gasteiger partial charge is 0.170 e. The van der Waals surface area contributed by atoms with E-state index in [1.807, 2.05) is 30.3 Å². The van der Waals surface area contributed by atoms with Gasteiger partial charge in [-0.25, -0.2) is 0 Å². The highest BCUT2D eigenvalue weighted by molar-refractivity contribution is 9.10. The Bertz CT molecular complexity index is 962. The van der Waals surface area contributed by atoms with Crippen LogP contribution in [-0.4, -0.2) is 37.8 Å². The van der Waals surface area contributed by atoms with Gasteiger partial charge in [0.2, 0.25) is 0 Å². The molecule has 0 aliphatic carbocycles. The molecule has 0 unspecified atom stereocenters. The molecule has 0 saturated carbocycles. The van der Waals surface area contributed by atoms with Crippen LogP contribution < -0.4 is 5.32 Å². The van der Waals surface area contributed by atoms with Crippen molar-refractivity contribution in [3.8, 4) is 5.69 Å². The van der Waals surface area contributed by atoms with Gasteiger partial charge < -0.3 is 19.9 Å². The van der Waals surface area contributed by atoms with Gasteiger partial charge in [-0.3, -0.25) is 4.98 Å².